The van der Waals surface area contributed by atoms with Gasteiger partial charge in [0.15, 0.2) is 0 Å². The van der Waals surface area contributed by atoms with Gasteiger partial charge in [0.2, 0.25) is 0 Å². The van der Waals surface area contributed by atoms with Crippen molar-refractivity contribution in [1.29, 1.82) is 0 Å². The van der Waals surface area contributed by atoms with Crippen LogP contribution in [0.1, 0.15) is 13.3 Å². The van der Waals surface area contributed by atoms with Gasteiger partial charge < -0.3 is 25.2 Å². The summed E-state index contributed by atoms with van der Waals surface area (Å²) in [4.78, 5) is 24.0. The van der Waals surface area contributed by atoms with E-state index < -0.39 is 18.0 Å². The number of carbonyl (C=O) groups excluding carboxylic acids is 1. The van der Waals surface area contributed by atoms with E-state index in [1.807, 2.05) is 0 Å². The molecule has 3 N–H and O–H groups in total. The topological polar surface area (TPSA) is 99.1 Å². The number of hydrogen-bond donors (Lipinski definition) is 3. The van der Waals surface area contributed by atoms with E-state index in [9.17, 15) is 9.59 Å². The molecule has 1 unspecified atom stereocenters. The Bertz CT molecular complexity index is 284. The van der Waals surface area contributed by atoms with Gasteiger partial charge >= 0.3 is 12.0 Å². The molecule has 7 heteroatoms. The summed E-state index contributed by atoms with van der Waals surface area (Å²) in [5.74, 6) is -1.05. The molecule has 0 radical (unpaired) electrons. The highest BCUT2D eigenvalue weighted by molar-refractivity contribution is 5.82. The molecule has 2 amide bonds. The first kappa shape index (κ1) is 13.7. The van der Waals surface area contributed by atoms with Crippen molar-refractivity contribution in [3.8, 4) is 0 Å². The number of rotatable bonds is 4. The molecule has 0 aromatic carbocycles. The Morgan fingerprint density at radius 2 is 2.29 bits per heavy atom. The molecule has 1 saturated heterocycles. The molecule has 1 rings (SSSR count). The Kier molecular flexibility index (Phi) is 5.17. The number of carbonyl (C=O) groups is 2. The Hall–Kier alpha value is -1.34. The maximum atomic E-state index is 11.7. The van der Waals surface area contributed by atoms with Gasteiger partial charge in [0.1, 0.15) is 6.04 Å². The van der Waals surface area contributed by atoms with Crippen molar-refractivity contribution >= 4 is 12.0 Å². The summed E-state index contributed by atoms with van der Waals surface area (Å²) in [5, 5.41) is 20.2. The van der Waals surface area contributed by atoms with Gasteiger partial charge in [0, 0.05) is 6.54 Å². The summed E-state index contributed by atoms with van der Waals surface area (Å²) >= 11 is 0. The summed E-state index contributed by atoms with van der Waals surface area (Å²) in [7, 11) is 0. The van der Waals surface area contributed by atoms with Crippen molar-refractivity contribution in [2.75, 3.05) is 26.3 Å². The zero-order valence-corrected chi connectivity index (χ0v) is 9.76. The van der Waals surface area contributed by atoms with E-state index >= 15 is 0 Å². The van der Waals surface area contributed by atoms with Gasteiger partial charge in [-0.25, -0.2) is 9.59 Å². The molecule has 0 saturated carbocycles. The second-order valence-electron chi connectivity index (χ2n) is 3.87. The molecule has 0 aromatic rings. The van der Waals surface area contributed by atoms with Crippen LogP contribution in [0.4, 0.5) is 4.79 Å². The molecule has 2 atom stereocenters. The quantitative estimate of drug-likeness (QED) is 0.606. The number of carboxylic acid groups (broad SMARTS) is 1. The number of nitrogens with zero attached hydrogens (tertiary/aromatic N) is 1. The van der Waals surface area contributed by atoms with Crippen molar-refractivity contribution in [3.05, 3.63) is 0 Å². The lowest BCUT2D eigenvalue weighted by atomic mass is 10.2. The summed E-state index contributed by atoms with van der Waals surface area (Å²) in [5.41, 5.74) is 0. The minimum absolute atomic E-state index is 0.153. The van der Waals surface area contributed by atoms with E-state index in [4.69, 9.17) is 14.9 Å². The van der Waals surface area contributed by atoms with Crippen molar-refractivity contribution in [3.63, 3.8) is 0 Å². The predicted octanol–water partition coefficient (Wildman–Crippen LogP) is -0.748. The van der Waals surface area contributed by atoms with Crippen LogP contribution in [-0.4, -0.2) is 65.6 Å². The van der Waals surface area contributed by atoms with Crippen LogP contribution in [0.2, 0.25) is 0 Å². The van der Waals surface area contributed by atoms with Gasteiger partial charge in [-0.15, -0.1) is 0 Å². The number of nitrogens with one attached hydrogen (secondary N) is 1. The van der Waals surface area contributed by atoms with Gasteiger partial charge in [0.25, 0.3) is 0 Å². The molecule has 0 bridgehead atoms. The Labute approximate surface area is 99.4 Å². The minimum atomic E-state index is -1.05. The number of ether oxygens (including phenoxy) is 1. The van der Waals surface area contributed by atoms with Crippen LogP contribution in [0, 0.1) is 0 Å². The third-order valence-electron chi connectivity index (χ3n) is 2.63. The van der Waals surface area contributed by atoms with Crippen LogP contribution >= 0.6 is 0 Å². The summed E-state index contributed by atoms with van der Waals surface area (Å²) < 4.78 is 5.20. The second kappa shape index (κ2) is 6.41. The van der Waals surface area contributed by atoms with E-state index in [-0.39, 0.29) is 19.3 Å². The zero-order valence-electron chi connectivity index (χ0n) is 9.76. The van der Waals surface area contributed by atoms with Crippen LogP contribution in [-0.2, 0) is 9.53 Å². The van der Waals surface area contributed by atoms with Crippen LogP contribution in [0.5, 0.6) is 0 Å². The average molecular weight is 246 g/mol. The molecule has 17 heavy (non-hydrogen) atoms. The first-order chi connectivity index (χ1) is 8.08. The number of aliphatic hydroxyl groups excluding tert-OH is 1. The first-order valence-corrected chi connectivity index (χ1v) is 5.59. The van der Waals surface area contributed by atoms with Crippen LogP contribution in [0.3, 0.4) is 0 Å². The second-order valence-corrected chi connectivity index (χ2v) is 3.87. The van der Waals surface area contributed by atoms with E-state index in [0.29, 0.717) is 19.6 Å². The maximum Gasteiger partial charge on any atom is 0.326 e. The van der Waals surface area contributed by atoms with Gasteiger partial charge in [0.05, 0.1) is 25.9 Å². The molecule has 0 aromatic heterocycles. The highest BCUT2D eigenvalue weighted by atomic mass is 16.5. The minimum Gasteiger partial charge on any atom is -0.480 e. The number of morpholine rings is 1. The lowest BCUT2D eigenvalue weighted by Gasteiger charge is -2.32. The van der Waals surface area contributed by atoms with Crippen molar-refractivity contribution < 1.29 is 24.5 Å². The highest BCUT2D eigenvalue weighted by Crippen LogP contribution is 2.05. The van der Waals surface area contributed by atoms with Crippen molar-refractivity contribution in [1.82, 2.24) is 10.2 Å². The normalized spacial score (nSPS) is 22.0. The van der Waals surface area contributed by atoms with Gasteiger partial charge in [-0.3, -0.25) is 0 Å². The van der Waals surface area contributed by atoms with Crippen LogP contribution < -0.4 is 5.32 Å². The zero-order chi connectivity index (χ0) is 12.8. The van der Waals surface area contributed by atoms with Crippen LogP contribution in [0.15, 0.2) is 0 Å². The van der Waals surface area contributed by atoms with Crippen LogP contribution in [0.25, 0.3) is 0 Å². The van der Waals surface area contributed by atoms with Crippen molar-refractivity contribution in [2.24, 2.45) is 0 Å². The fourth-order valence-electron chi connectivity index (χ4n) is 1.59. The monoisotopic (exact) mass is 246 g/mol. The van der Waals surface area contributed by atoms with E-state index in [1.54, 1.807) is 6.92 Å². The molecular weight excluding hydrogens is 228 g/mol. The number of aliphatic hydroxyl groups is 1. The third kappa shape index (κ3) is 3.86. The lowest BCUT2D eigenvalue weighted by Crippen LogP contribution is -2.53. The fourth-order valence-corrected chi connectivity index (χ4v) is 1.59. The molecule has 1 fully saturated rings. The largest absolute Gasteiger partial charge is 0.480 e. The number of amides is 2. The molecule has 1 heterocycles. The molecule has 0 aliphatic carbocycles. The predicted molar refractivity (Wildman–Crippen MR) is 58.6 cm³/mol. The Balaban J connectivity index is 2.48. The van der Waals surface area contributed by atoms with Gasteiger partial charge in [-0.05, 0) is 6.42 Å². The van der Waals surface area contributed by atoms with Gasteiger partial charge in [-0.1, -0.05) is 6.92 Å². The summed E-state index contributed by atoms with van der Waals surface area (Å²) in [6.45, 7) is 2.56. The third-order valence-corrected chi connectivity index (χ3v) is 2.63. The number of hydrogen-bond acceptors (Lipinski definition) is 4. The van der Waals surface area contributed by atoms with E-state index in [1.165, 1.54) is 4.90 Å². The molecule has 98 valence electrons. The summed E-state index contributed by atoms with van der Waals surface area (Å²) in [6, 6.07) is -1.31. The molecule has 0 spiro atoms. The van der Waals surface area contributed by atoms with Crippen molar-refractivity contribution in [2.45, 2.75) is 25.5 Å². The van der Waals surface area contributed by atoms with E-state index in [0.717, 1.165) is 0 Å². The number of aliphatic carboxylic acids is 1. The number of carboxylic acids is 1. The SMILES string of the molecule is CC[C@H](NC(=O)N1CCOC(CO)C1)C(=O)O. The summed E-state index contributed by atoms with van der Waals surface area (Å²) in [6.07, 6.45) is -0.0612. The number of urea groups is 1. The van der Waals surface area contributed by atoms with Gasteiger partial charge in [-0.2, -0.15) is 0 Å². The fraction of sp³-hybridized carbons (Fsp3) is 0.800. The van der Waals surface area contributed by atoms with E-state index in [2.05, 4.69) is 5.32 Å². The average Bonchev–Trinajstić information content (AvgIpc) is 2.35. The Morgan fingerprint density at radius 1 is 1.59 bits per heavy atom. The molecule has 1 aliphatic heterocycles. The lowest BCUT2D eigenvalue weighted by molar-refractivity contribution is -0.139. The maximum absolute atomic E-state index is 11.7. The smallest absolute Gasteiger partial charge is 0.326 e. The standard InChI is InChI=1S/C10H18N2O5/c1-2-8(9(14)15)11-10(16)12-3-4-17-7(5-12)6-13/h7-8,13H,2-6H2,1H3,(H,11,16)(H,14,15)/t7?,8-/m0/s1. The molecule has 1 aliphatic rings. The Morgan fingerprint density at radius 3 is 2.82 bits per heavy atom. The molecule has 7 nitrogen and oxygen atoms in total. The molecular formula is C10H18N2O5. The first-order valence-electron chi connectivity index (χ1n) is 5.59. The highest BCUT2D eigenvalue weighted by Gasteiger charge is 2.26.